The van der Waals surface area contributed by atoms with Crippen molar-refractivity contribution in [2.75, 3.05) is 5.32 Å². The van der Waals surface area contributed by atoms with Gasteiger partial charge in [0.2, 0.25) is 5.91 Å². The highest BCUT2D eigenvalue weighted by Gasteiger charge is 2.19. The van der Waals surface area contributed by atoms with Crippen LogP contribution in [0.15, 0.2) is 32.8 Å². The number of amides is 1. The van der Waals surface area contributed by atoms with Gasteiger partial charge in [-0.1, -0.05) is 20.8 Å². The fourth-order valence-electron chi connectivity index (χ4n) is 2.30. The molecule has 9 nitrogen and oxygen atoms in total. The molecule has 0 aliphatic rings. The maximum atomic E-state index is 12.3. The summed E-state index contributed by atoms with van der Waals surface area (Å²) in [6.45, 7) is 5.77. The molecule has 0 bridgehead atoms. The van der Waals surface area contributed by atoms with Gasteiger partial charge in [0.15, 0.2) is 10.7 Å². The Morgan fingerprint density at radius 3 is 2.77 bits per heavy atom. The van der Waals surface area contributed by atoms with Gasteiger partial charge >= 0.3 is 5.76 Å². The van der Waals surface area contributed by atoms with E-state index in [4.69, 9.17) is 4.42 Å². The summed E-state index contributed by atoms with van der Waals surface area (Å²) in [5.74, 6) is -1.20. The van der Waals surface area contributed by atoms with Gasteiger partial charge in [0.25, 0.3) is 5.69 Å². The van der Waals surface area contributed by atoms with Crippen molar-refractivity contribution in [1.29, 1.82) is 0 Å². The second-order valence-electron chi connectivity index (χ2n) is 6.70. The molecule has 3 aromatic rings. The fourth-order valence-corrected chi connectivity index (χ4v) is 3.25. The van der Waals surface area contributed by atoms with Gasteiger partial charge < -0.3 is 9.73 Å². The first-order valence-electron chi connectivity index (χ1n) is 7.69. The highest BCUT2D eigenvalue weighted by Crippen LogP contribution is 2.26. The molecule has 0 saturated heterocycles. The first-order chi connectivity index (χ1) is 12.1. The Labute approximate surface area is 151 Å². The number of nitro benzene ring substituents is 1. The maximum Gasteiger partial charge on any atom is 0.420 e. The molecule has 0 atom stereocenters. The normalized spacial score (nSPS) is 11.7. The van der Waals surface area contributed by atoms with Gasteiger partial charge in [0, 0.05) is 16.9 Å². The number of hydrogen-bond donors (Lipinski definition) is 1. The number of nitrogens with one attached hydrogen (secondary N) is 1. The van der Waals surface area contributed by atoms with Crippen LogP contribution in [-0.2, 0) is 16.8 Å². The predicted molar refractivity (Wildman–Crippen MR) is 96.6 cm³/mol. The molecule has 2 aromatic heterocycles. The molecule has 1 aromatic carbocycles. The Kier molecular flexibility index (Phi) is 4.36. The van der Waals surface area contributed by atoms with E-state index >= 15 is 0 Å². The Hall–Kier alpha value is -3.01. The quantitative estimate of drug-likeness (QED) is 0.552. The largest absolute Gasteiger partial charge is 0.420 e. The lowest BCUT2D eigenvalue weighted by atomic mass is 9.93. The number of rotatable bonds is 4. The number of aromatic nitrogens is 2. The smallest absolute Gasteiger partial charge is 0.407 e. The van der Waals surface area contributed by atoms with E-state index in [2.05, 4.69) is 10.3 Å². The lowest BCUT2D eigenvalue weighted by Crippen LogP contribution is -2.24. The first kappa shape index (κ1) is 17.8. The minimum atomic E-state index is -0.759. The van der Waals surface area contributed by atoms with E-state index in [0.717, 1.165) is 16.3 Å². The summed E-state index contributed by atoms with van der Waals surface area (Å²) in [7, 11) is 0. The lowest BCUT2D eigenvalue weighted by Gasteiger charge is -2.14. The van der Waals surface area contributed by atoms with Crippen LogP contribution in [0, 0.1) is 10.1 Å². The third-order valence-corrected chi connectivity index (χ3v) is 4.44. The minimum Gasteiger partial charge on any atom is -0.407 e. The standard InChI is InChI=1S/C16H16N4O5S/c1-16(2,3)12-8-26-14(17-12)18-13(21)7-19-10-5-4-9(20(23)24)6-11(10)25-15(19)22/h4-6,8H,7H2,1-3H3,(H,17,18,21). The van der Waals surface area contributed by atoms with Crippen LogP contribution >= 0.6 is 11.3 Å². The fraction of sp³-hybridized carbons (Fsp3) is 0.312. The summed E-state index contributed by atoms with van der Waals surface area (Å²) in [5, 5.41) is 15.8. The van der Waals surface area contributed by atoms with Gasteiger partial charge in [-0.25, -0.2) is 9.78 Å². The van der Waals surface area contributed by atoms with Crippen molar-refractivity contribution < 1.29 is 14.1 Å². The second kappa shape index (κ2) is 6.37. The van der Waals surface area contributed by atoms with Crippen LogP contribution < -0.4 is 11.1 Å². The zero-order valence-corrected chi connectivity index (χ0v) is 15.1. The number of thiazole rings is 1. The number of non-ortho nitro benzene ring substituents is 1. The number of nitro groups is 1. The number of carbonyl (C=O) groups is 1. The molecule has 0 radical (unpaired) electrons. The van der Waals surface area contributed by atoms with Crippen molar-refractivity contribution in [3.63, 3.8) is 0 Å². The Bertz CT molecular complexity index is 1060. The van der Waals surface area contributed by atoms with Gasteiger partial charge in [0.05, 0.1) is 22.2 Å². The number of carbonyl (C=O) groups excluding carboxylic acids is 1. The number of hydrogen-bond acceptors (Lipinski definition) is 7. The number of anilines is 1. The number of fused-ring (bicyclic) bond motifs is 1. The molecule has 0 fully saturated rings. The van der Waals surface area contributed by atoms with E-state index in [1.165, 1.54) is 23.5 Å². The molecule has 1 N–H and O–H groups in total. The molecule has 136 valence electrons. The third kappa shape index (κ3) is 3.49. The number of oxazole rings is 1. The monoisotopic (exact) mass is 376 g/mol. The molecule has 0 saturated carbocycles. The molecular formula is C16H16N4O5S. The van der Waals surface area contributed by atoms with Crippen molar-refractivity contribution in [2.45, 2.75) is 32.7 Å². The summed E-state index contributed by atoms with van der Waals surface area (Å²) in [6.07, 6.45) is 0. The van der Waals surface area contributed by atoms with Crippen LogP contribution in [0.1, 0.15) is 26.5 Å². The van der Waals surface area contributed by atoms with E-state index in [0.29, 0.717) is 10.6 Å². The molecule has 2 heterocycles. The SMILES string of the molecule is CC(C)(C)c1csc(NC(=O)Cn2c(=O)oc3cc([N+](=O)[O-])ccc32)n1. The van der Waals surface area contributed by atoms with E-state index in [1.54, 1.807) is 0 Å². The van der Waals surface area contributed by atoms with Crippen LogP contribution in [0.3, 0.4) is 0 Å². The Morgan fingerprint density at radius 2 is 2.15 bits per heavy atom. The van der Waals surface area contributed by atoms with Gasteiger partial charge in [0.1, 0.15) is 6.54 Å². The van der Waals surface area contributed by atoms with E-state index in [-0.39, 0.29) is 23.2 Å². The average Bonchev–Trinajstić information content (AvgIpc) is 3.12. The molecule has 10 heteroatoms. The lowest BCUT2D eigenvalue weighted by molar-refractivity contribution is -0.384. The minimum absolute atomic E-state index is 0.0567. The maximum absolute atomic E-state index is 12.3. The number of benzene rings is 1. The molecule has 0 aliphatic heterocycles. The van der Waals surface area contributed by atoms with E-state index in [9.17, 15) is 19.7 Å². The van der Waals surface area contributed by atoms with E-state index < -0.39 is 16.6 Å². The van der Waals surface area contributed by atoms with Gasteiger partial charge in [-0.15, -0.1) is 11.3 Å². The van der Waals surface area contributed by atoms with Crippen molar-refractivity contribution >= 4 is 39.2 Å². The van der Waals surface area contributed by atoms with Crippen LogP contribution in [0.25, 0.3) is 11.1 Å². The molecular weight excluding hydrogens is 360 g/mol. The van der Waals surface area contributed by atoms with Crippen molar-refractivity contribution in [3.8, 4) is 0 Å². The molecule has 0 unspecified atom stereocenters. The van der Waals surface area contributed by atoms with Crippen LogP contribution in [0.2, 0.25) is 0 Å². The summed E-state index contributed by atoms with van der Waals surface area (Å²) in [4.78, 5) is 38.8. The molecule has 0 aliphatic carbocycles. The molecule has 0 spiro atoms. The summed E-state index contributed by atoms with van der Waals surface area (Å²) < 4.78 is 6.12. The number of nitrogens with zero attached hydrogens (tertiary/aromatic N) is 3. The predicted octanol–water partition coefficient (Wildman–Crippen LogP) is 2.90. The van der Waals surface area contributed by atoms with Gasteiger partial charge in [-0.3, -0.25) is 19.5 Å². The third-order valence-electron chi connectivity index (χ3n) is 3.68. The first-order valence-corrected chi connectivity index (χ1v) is 8.57. The topological polar surface area (TPSA) is 120 Å². The van der Waals surface area contributed by atoms with Gasteiger partial charge in [-0.2, -0.15) is 0 Å². The summed E-state index contributed by atoms with van der Waals surface area (Å²) in [6, 6.07) is 3.79. The highest BCUT2D eigenvalue weighted by molar-refractivity contribution is 7.13. The highest BCUT2D eigenvalue weighted by atomic mass is 32.1. The Morgan fingerprint density at radius 1 is 1.42 bits per heavy atom. The second-order valence-corrected chi connectivity index (χ2v) is 7.56. The van der Waals surface area contributed by atoms with Gasteiger partial charge in [-0.05, 0) is 6.07 Å². The summed E-state index contributed by atoms with van der Waals surface area (Å²) >= 11 is 1.30. The zero-order chi connectivity index (χ0) is 19.1. The van der Waals surface area contributed by atoms with Crippen molar-refractivity contribution in [2.24, 2.45) is 0 Å². The van der Waals surface area contributed by atoms with Crippen molar-refractivity contribution in [3.05, 3.63) is 49.9 Å². The Balaban J connectivity index is 1.81. The molecule has 26 heavy (non-hydrogen) atoms. The summed E-state index contributed by atoms with van der Waals surface area (Å²) in [5.41, 5.74) is 0.897. The average molecular weight is 376 g/mol. The van der Waals surface area contributed by atoms with Crippen LogP contribution in [0.5, 0.6) is 0 Å². The zero-order valence-electron chi connectivity index (χ0n) is 14.3. The van der Waals surface area contributed by atoms with Crippen LogP contribution in [0.4, 0.5) is 10.8 Å². The molecule has 1 amide bonds. The molecule has 3 rings (SSSR count). The van der Waals surface area contributed by atoms with E-state index in [1.807, 2.05) is 26.2 Å². The van der Waals surface area contributed by atoms with Crippen LogP contribution in [-0.4, -0.2) is 20.4 Å². The van der Waals surface area contributed by atoms with Crippen molar-refractivity contribution in [1.82, 2.24) is 9.55 Å².